The Morgan fingerprint density at radius 1 is 0.361 bits per heavy atom. The fraction of sp³-hybridized carbons (Fsp3) is 0.0847. The van der Waals surface area contributed by atoms with Crippen LogP contribution in [0.1, 0.15) is 70.2 Å². The van der Waals surface area contributed by atoms with E-state index in [2.05, 4.69) is 228 Å². The van der Waals surface area contributed by atoms with Crippen molar-refractivity contribution in [1.29, 1.82) is 0 Å². The fourth-order valence-electron chi connectivity index (χ4n) is 10.5. The van der Waals surface area contributed by atoms with Gasteiger partial charge in [0.05, 0.1) is 22.7 Å². The van der Waals surface area contributed by atoms with Gasteiger partial charge in [-0.25, -0.2) is 0 Å². The van der Waals surface area contributed by atoms with Crippen molar-refractivity contribution in [2.24, 2.45) is 0 Å². The van der Waals surface area contributed by atoms with Gasteiger partial charge in [0.2, 0.25) is 0 Å². The minimum absolute atomic E-state index is 0.0434. The SMILES string of the molecule is C1=Cc2ccccc2N(c2ccc(-c3ccc(/C=C/c4ccc5c(c4)C4(CCCC4)c4cc(N6c7ccccc7C=Cc7ccccc76)ccc4-5)cc3)cc2)c2ccccc21. The maximum Gasteiger partial charge on any atom is 0.0534 e. The van der Waals surface area contributed by atoms with Crippen molar-refractivity contribution in [3.8, 4) is 22.3 Å². The van der Waals surface area contributed by atoms with Crippen LogP contribution in [0.2, 0.25) is 0 Å². The van der Waals surface area contributed by atoms with Crippen LogP contribution < -0.4 is 9.80 Å². The number of rotatable bonds is 5. The van der Waals surface area contributed by atoms with Crippen LogP contribution in [0.3, 0.4) is 0 Å². The largest absolute Gasteiger partial charge is 0.309 e. The number of anilines is 6. The van der Waals surface area contributed by atoms with Crippen LogP contribution >= 0.6 is 0 Å². The van der Waals surface area contributed by atoms with E-state index in [4.69, 9.17) is 0 Å². The maximum absolute atomic E-state index is 2.52. The molecule has 8 aromatic carbocycles. The van der Waals surface area contributed by atoms with E-state index in [1.165, 1.54) is 121 Å². The molecule has 0 atom stereocenters. The molecule has 2 nitrogen and oxygen atoms in total. The van der Waals surface area contributed by atoms with Gasteiger partial charge in [0.1, 0.15) is 0 Å². The Balaban J connectivity index is 0.819. The molecule has 4 aliphatic rings. The van der Waals surface area contributed by atoms with Gasteiger partial charge in [0, 0.05) is 16.8 Å². The molecular weight excluding hydrogens is 737 g/mol. The number of hydrogen-bond donors (Lipinski definition) is 0. The van der Waals surface area contributed by atoms with E-state index >= 15 is 0 Å². The highest BCUT2D eigenvalue weighted by Gasteiger charge is 2.45. The second-order valence-corrected chi connectivity index (χ2v) is 16.9. The van der Waals surface area contributed by atoms with E-state index in [1.807, 2.05) is 0 Å². The first-order chi connectivity index (χ1) is 30.2. The molecular formula is C59H44N2. The highest BCUT2D eigenvalue weighted by Crippen LogP contribution is 2.58. The summed E-state index contributed by atoms with van der Waals surface area (Å²) < 4.78 is 0. The summed E-state index contributed by atoms with van der Waals surface area (Å²) in [5.74, 6) is 0. The maximum atomic E-state index is 2.52. The summed E-state index contributed by atoms with van der Waals surface area (Å²) in [5.41, 5.74) is 22.8. The first-order valence-corrected chi connectivity index (χ1v) is 21.7. The van der Waals surface area contributed by atoms with E-state index in [0.717, 1.165) is 5.69 Å². The summed E-state index contributed by atoms with van der Waals surface area (Å²) in [6.45, 7) is 0. The Labute approximate surface area is 358 Å². The van der Waals surface area contributed by atoms with E-state index in [-0.39, 0.29) is 5.41 Å². The van der Waals surface area contributed by atoms with Gasteiger partial charge in [0.25, 0.3) is 0 Å². The van der Waals surface area contributed by atoms with Gasteiger partial charge in [-0.1, -0.05) is 183 Å². The molecule has 0 amide bonds. The van der Waals surface area contributed by atoms with E-state index < -0.39 is 0 Å². The van der Waals surface area contributed by atoms with E-state index in [9.17, 15) is 0 Å². The lowest BCUT2D eigenvalue weighted by molar-refractivity contribution is 0.550. The van der Waals surface area contributed by atoms with Crippen LogP contribution in [0.25, 0.3) is 58.7 Å². The van der Waals surface area contributed by atoms with Crippen molar-refractivity contribution in [2.45, 2.75) is 31.1 Å². The molecule has 1 fully saturated rings. The van der Waals surface area contributed by atoms with Crippen LogP contribution in [0.5, 0.6) is 0 Å². The molecule has 12 rings (SSSR count). The molecule has 2 heterocycles. The van der Waals surface area contributed by atoms with Gasteiger partial charge in [-0.05, 0) is 128 Å². The summed E-state index contributed by atoms with van der Waals surface area (Å²) in [5, 5.41) is 0. The van der Waals surface area contributed by atoms with Crippen LogP contribution in [-0.2, 0) is 5.41 Å². The van der Waals surface area contributed by atoms with E-state index in [1.54, 1.807) is 0 Å². The minimum Gasteiger partial charge on any atom is -0.309 e. The average molecular weight is 781 g/mol. The van der Waals surface area contributed by atoms with Crippen molar-refractivity contribution in [3.05, 3.63) is 226 Å². The predicted octanol–water partition coefficient (Wildman–Crippen LogP) is 16.3. The van der Waals surface area contributed by atoms with Crippen LogP contribution in [0.15, 0.2) is 182 Å². The molecule has 290 valence electrons. The normalized spacial score (nSPS) is 15.1. The number of benzene rings is 8. The lowest BCUT2D eigenvalue weighted by atomic mass is 9.76. The average Bonchev–Trinajstić information content (AvgIpc) is 3.81. The van der Waals surface area contributed by atoms with Gasteiger partial charge >= 0.3 is 0 Å². The zero-order valence-corrected chi connectivity index (χ0v) is 34.0. The van der Waals surface area contributed by atoms with Crippen molar-refractivity contribution in [1.82, 2.24) is 0 Å². The monoisotopic (exact) mass is 780 g/mol. The summed E-state index contributed by atoms with van der Waals surface area (Å²) in [6.07, 6.45) is 18.4. The second-order valence-electron chi connectivity index (χ2n) is 16.9. The van der Waals surface area contributed by atoms with Crippen molar-refractivity contribution in [2.75, 3.05) is 9.80 Å². The molecule has 8 aromatic rings. The summed E-state index contributed by atoms with van der Waals surface area (Å²) in [6, 6.07) is 67.2. The Kier molecular flexibility index (Phi) is 8.38. The number of para-hydroxylation sites is 4. The van der Waals surface area contributed by atoms with Crippen molar-refractivity contribution < 1.29 is 0 Å². The quantitative estimate of drug-likeness (QED) is 0.161. The first kappa shape index (κ1) is 35.5. The lowest BCUT2D eigenvalue weighted by Crippen LogP contribution is -2.21. The zero-order chi connectivity index (χ0) is 40.3. The lowest BCUT2D eigenvalue weighted by Gasteiger charge is -2.30. The van der Waals surface area contributed by atoms with Gasteiger partial charge in [-0.2, -0.15) is 0 Å². The molecule has 2 aliphatic carbocycles. The Bertz CT molecular complexity index is 2990. The van der Waals surface area contributed by atoms with Gasteiger partial charge in [0.15, 0.2) is 0 Å². The number of hydrogen-bond acceptors (Lipinski definition) is 2. The van der Waals surface area contributed by atoms with E-state index in [0.29, 0.717) is 0 Å². The standard InChI is InChI=1S/C59H44N2/c1-5-15-55-45(11-1)26-27-46-12-2-6-16-56(46)60(55)49-32-30-44(31-33-49)43-24-21-41(22-25-43)19-20-42-23-35-51-52-36-34-50(40-54(52)59(53(51)39-42)37-9-10-38-59)61-57-17-7-3-13-47(57)28-29-48-14-4-8-18-58(48)61/h1-8,11-36,39-40H,9-10,37-38H2/b20-19+. The molecule has 1 saturated carbocycles. The zero-order valence-electron chi connectivity index (χ0n) is 34.0. The fourth-order valence-corrected chi connectivity index (χ4v) is 10.5. The van der Waals surface area contributed by atoms with Crippen LogP contribution in [-0.4, -0.2) is 0 Å². The Morgan fingerprint density at radius 2 is 0.754 bits per heavy atom. The highest BCUT2D eigenvalue weighted by molar-refractivity contribution is 5.96. The molecule has 2 aliphatic heterocycles. The third-order valence-electron chi connectivity index (χ3n) is 13.5. The highest BCUT2D eigenvalue weighted by atomic mass is 15.2. The van der Waals surface area contributed by atoms with Crippen LogP contribution in [0.4, 0.5) is 34.1 Å². The molecule has 2 heteroatoms. The predicted molar refractivity (Wildman–Crippen MR) is 259 cm³/mol. The third kappa shape index (κ3) is 5.93. The van der Waals surface area contributed by atoms with Crippen molar-refractivity contribution >= 4 is 70.6 Å². The molecule has 0 unspecified atom stereocenters. The topological polar surface area (TPSA) is 6.48 Å². The number of nitrogens with zero attached hydrogens (tertiary/aromatic N) is 2. The molecule has 0 aromatic heterocycles. The Hall–Kier alpha value is -7.42. The Morgan fingerprint density at radius 3 is 1.28 bits per heavy atom. The molecule has 0 saturated heterocycles. The van der Waals surface area contributed by atoms with Crippen molar-refractivity contribution in [3.63, 3.8) is 0 Å². The summed E-state index contributed by atoms with van der Waals surface area (Å²) >= 11 is 0. The molecule has 1 spiro atoms. The smallest absolute Gasteiger partial charge is 0.0534 e. The minimum atomic E-state index is 0.0434. The number of fused-ring (bicyclic) bond motifs is 9. The third-order valence-corrected chi connectivity index (χ3v) is 13.5. The molecule has 0 N–H and O–H groups in total. The molecule has 61 heavy (non-hydrogen) atoms. The van der Waals surface area contributed by atoms with Crippen LogP contribution in [0, 0.1) is 0 Å². The molecule has 0 radical (unpaired) electrons. The first-order valence-electron chi connectivity index (χ1n) is 21.7. The second kappa shape index (κ2) is 14.4. The van der Waals surface area contributed by atoms with Gasteiger partial charge in [-0.15, -0.1) is 0 Å². The summed E-state index contributed by atoms with van der Waals surface area (Å²) in [4.78, 5) is 4.84. The molecule has 0 bridgehead atoms. The van der Waals surface area contributed by atoms with Gasteiger partial charge < -0.3 is 9.80 Å². The summed E-state index contributed by atoms with van der Waals surface area (Å²) in [7, 11) is 0. The van der Waals surface area contributed by atoms with Gasteiger partial charge in [-0.3, -0.25) is 0 Å².